The lowest BCUT2D eigenvalue weighted by molar-refractivity contribution is 0.378. The van der Waals surface area contributed by atoms with Gasteiger partial charge in [-0.1, -0.05) is 65.7 Å². The summed E-state index contributed by atoms with van der Waals surface area (Å²) in [5.41, 5.74) is 0.820. The van der Waals surface area contributed by atoms with Gasteiger partial charge in [-0.25, -0.2) is 9.97 Å². The lowest BCUT2D eigenvalue weighted by Crippen LogP contribution is -1.96. The SMILES string of the molecule is COc1ccccc1Oc1c(Cl)nc(-c2ccccc2)nc1Cl. The van der Waals surface area contributed by atoms with Gasteiger partial charge in [0.25, 0.3) is 0 Å². The van der Waals surface area contributed by atoms with Crippen LogP contribution in [0, 0.1) is 0 Å². The van der Waals surface area contributed by atoms with Crippen LogP contribution in [0.25, 0.3) is 11.4 Å². The van der Waals surface area contributed by atoms with Gasteiger partial charge in [0.15, 0.2) is 27.6 Å². The molecule has 4 nitrogen and oxygen atoms in total. The number of ether oxygens (including phenoxy) is 2. The molecule has 3 aromatic rings. The lowest BCUT2D eigenvalue weighted by Gasteiger charge is -2.12. The van der Waals surface area contributed by atoms with Crippen LogP contribution in [-0.2, 0) is 0 Å². The summed E-state index contributed by atoms with van der Waals surface area (Å²) in [5.74, 6) is 1.67. The maximum absolute atomic E-state index is 6.23. The summed E-state index contributed by atoms with van der Waals surface area (Å²) in [5, 5.41) is 0.268. The van der Waals surface area contributed by atoms with Gasteiger partial charge >= 0.3 is 0 Å². The van der Waals surface area contributed by atoms with Crippen LogP contribution in [0.15, 0.2) is 54.6 Å². The topological polar surface area (TPSA) is 44.2 Å². The zero-order valence-electron chi connectivity index (χ0n) is 12.2. The Labute approximate surface area is 143 Å². The van der Waals surface area contributed by atoms with E-state index in [9.17, 15) is 0 Å². The lowest BCUT2D eigenvalue weighted by atomic mass is 10.2. The van der Waals surface area contributed by atoms with Gasteiger partial charge in [-0.2, -0.15) is 0 Å². The zero-order valence-corrected chi connectivity index (χ0v) is 13.7. The van der Waals surface area contributed by atoms with Crippen molar-refractivity contribution in [2.75, 3.05) is 7.11 Å². The van der Waals surface area contributed by atoms with Crippen molar-refractivity contribution in [1.29, 1.82) is 0 Å². The van der Waals surface area contributed by atoms with Gasteiger partial charge in [0.2, 0.25) is 5.75 Å². The molecule has 116 valence electrons. The third-order valence-corrected chi connectivity index (χ3v) is 3.61. The number of hydrogen-bond donors (Lipinski definition) is 0. The van der Waals surface area contributed by atoms with E-state index >= 15 is 0 Å². The summed E-state index contributed by atoms with van der Waals surface area (Å²) < 4.78 is 11.0. The molecular formula is C17H12Cl2N2O2. The van der Waals surface area contributed by atoms with E-state index in [1.807, 2.05) is 42.5 Å². The standard InChI is InChI=1S/C17H12Cl2N2O2/c1-22-12-9-5-6-10-13(12)23-14-15(18)20-17(21-16(14)19)11-7-3-2-4-8-11/h2-10H,1H3. The number of rotatable bonds is 4. The minimum Gasteiger partial charge on any atom is -0.493 e. The fourth-order valence-electron chi connectivity index (χ4n) is 2.01. The average molecular weight is 347 g/mol. The highest BCUT2D eigenvalue weighted by atomic mass is 35.5. The molecule has 1 heterocycles. The molecule has 0 fully saturated rings. The summed E-state index contributed by atoms with van der Waals surface area (Å²) in [7, 11) is 1.56. The number of halogens is 2. The van der Waals surface area contributed by atoms with Gasteiger partial charge in [-0.15, -0.1) is 0 Å². The van der Waals surface area contributed by atoms with Gasteiger partial charge in [0, 0.05) is 5.56 Å². The number of para-hydroxylation sites is 2. The molecule has 0 spiro atoms. The van der Waals surface area contributed by atoms with Crippen LogP contribution in [0.3, 0.4) is 0 Å². The van der Waals surface area contributed by atoms with Crippen LogP contribution >= 0.6 is 23.2 Å². The van der Waals surface area contributed by atoms with Crippen LogP contribution in [0.4, 0.5) is 0 Å². The largest absolute Gasteiger partial charge is 0.493 e. The van der Waals surface area contributed by atoms with Crippen molar-refractivity contribution < 1.29 is 9.47 Å². The highest BCUT2D eigenvalue weighted by Crippen LogP contribution is 2.38. The van der Waals surface area contributed by atoms with Gasteiger partial charge in [-0.05, 0) is 12.1 Å². The first-order valence-electron chi connectivity index (χ1n) is 6.78. The van der Waals surface area contributed by atoms with Crippen LogP contribution in [-0.4, -0.2) is 17.1 Å². The maximum Gasteiger partial charge on any atom is 0.202 e. The normalized spacial score (nSPS) is 10.4. The number of aromatic nitrogens is 2. The zero-order chi connectivity index (χ0) is 16.2. The minimum absolute atomic E-state index is 0.134. The highest BCUT2D eigenvalue weighted by Gasteiger charge is 2.16. The van der Waals surface area contributed by atoms with Crippen molar-refractivity contribution >= 4 is 23.2 Å². The molecule has 0 aliphatic rings. The fraction of sp³-hybridized carbons (Fsp3) is 0.0588. The van der Waals surface area contributed by atoms with E-state index in [0.717, 1.165) is 5.56 Å². The number of benzene rings is 2. The summed E-state index contributed by atoms with van der Waals surface area (Å²) in [6.07, 6.45) is 0. The summed E-state index contributed by atoms with van der Waals surface area (Å²) in [6, 6.07) is 16.6. The van der Waals surface area contributed by atoms with E-state index < -0.39 is 0 Å². The molecular weight excluding hydrogens is 335 g/mol. The molecule has 3 rings (SSSR count). The van der Waals surface area contributed by atoms with E-state index in [0.29, 0.717) is 17.3 Å². The predicted molar refractivity (Wildman–Crippen MR) is 90.6 cm³/mol. The Bertz CT molecular complexity index is 803. The highest BCUT2D eigenvalue weighted by molar-refractivity contribution is 6.35. The molecule has 1 aromatic heterocycles. The molecule has 23 heavy (non-hydrogen) atoms. The van der Waals surface area contributed by atoms with E-state index in [4.69, 9.17) is 32.7 Å². The van der Waals surface area contributed by atoms with E-state index in [-0.39, 0.29) is 16.1 Å². The Hall–Kier alpha value is -2.30. The van der Waals surface area contributed by atoms with Crippen molar-refractivity contribution in [3.05, 3.63) is 64.9 Å². The molecule has 0 atom stereocenters. The molecule has 0 unspecified atom stereocenters. The number of nitrogens with zero attached hydrogens (tertiary/aromatic N) is 2. The summed E-state index contributed by atoms with van der Waals surface area (Å²) in [4.78, 5) is 8.52. The molecule has 0 amide bonds. The van der Waals surface area contributed by atoms with E-state index in [1.54, 1.807) is 19.2 Å². The molecule has 0 N–H and O–H groups in total. The molecule has 0 aliphatic carbocycles. The van der Waals surface area contributed by atoms with E-state index in [1.165, 1.54) is 0 Å². The Morgan fingerprint density at radius 1 is 0.783 bits per heavy atom. The Morgan fingerprint density at radius 2 is 1.35 bits per heavy atom. The average Bonchev–Trinajstić information content (AvgIpc) is 2.59. The summed E-state index contributed by atoms with van der Waals surface area (Å²) >= 11 is 12.5. The molecule has 2 aromatic carbocycles. The van der Waals surface area contributed by atoms with Gasteiger partial charge in [0.1, 0.15) is 0 Å². The van der Waals surface area contributed by atoms with Crippen molar-refractivity contribution in [3.8, 4) is 28.6 Å². The predicted octanol–water partition coefficient (Wildman–Crippen LogP) is 5.25. The minimum atomic E-state index is 0.134. The quantitative estimate of drug-likeness (QED) is 0.605. The third kappa shape index (κ3) is 3.38. The first-order valence-corrected chi connectivity index (χ1v) is 7.54. The van der Waals surface area contributed by atoms with Crippen LogP contribution in [0.2, 0.25) is 10.3 Å². The molecule has 0 saturated heterocycles. The monoisotopic (exact) mass is 346 g/mol. The Morgan fingerprint density at radius 3 is 1.96 bits per heavy atom. The second-order valence-electron chi connectivity index (χ2n) is 4.58. The van der Waals surface area contributed by atoms with Crippen molar-refractivity contribution in [1.82, 2.24) is 9.97 Å². The molecule has 0 saturated carbocycles. The molecule has 6 heteroatoms. The maximum atomic E-state index is 6.23. The molecule has 0 aliphatic heterocycles. The first kappa shape index (κ1) is 15.6. The van der Waals surface area contributed by atoms with Crippen LogP contribution < -0.4 is 9.47 Å². The second-order valence-corrected chi connectivity index (χ2v) is 5.29. The van der Waals surface area contributed by atoms with Crippen molar-refractivity contribution in [2.45, 2.75) is 0 Å². The smallest absolute Gasteiger partial charge is 0.202 e. The molecule has 0 radical (unpaired) electrons. The molecule has 0 bridgehead atoms. The van der Waals surface area contributed by atoms with Gasteiger partial charge in [0.05, 0.1) is 7.11 Å². The third-order valence-electron chi connectivity index (χ3n) is 3.10. The van der Waals surface area contributed by atoms with Gasteiger partial charge < -0.3 is 9.47 Å². The van der Waals surface area contributed by atoms with Crippen molar-refractivity contribution in [2.24, 2.45) is 0 Å². The first-order chi connectivity index (χ1) is 11.2. The summed E-state index contributed by atoms with van der Waals surface area (Å²) in [6.45, 7) is 0. The number of hydrogen-bond acceptors (Lipinski definition) is 4. The van der Waals surface area contributed by atoms with E-state index in [2.05, 4.69) is 9.97 Å². The second kappa shape index (κ2) is 6.86. The van der Waals surface area contributed by atoms with Crippen molar-refractivity contribution in [3.63, 3.8) is 0 Å². The van der Waals surface area contributed by atoms with Crippen LogP contribution in [0.1, 0.15) is 0 Å². The van der Waals surface area contributed by atoms with Crippen LogP contribution in [0.5, 0.6) is 17.2 Å². The number of methoxy groups -OCH3 is 1. The Kier molecular flexibility index (Phi) is 4.65. The Balaban J connectivity index is 1.98. The fourth-order valence-corrected chi connectivity index (χ4v) is 2.48. The van der Waals surface area contributed by atoms with Gasteiger partial charge in [-0.3, -0.25) is 0 Å².